The Morgan fingerprint density at radius 1 is 1.33 bits per heavy atom. The van der Waals surface area contributed by atoms with Gasteiger partial charge < -0.3 is 9.64 Å². The summed E-state index contributed by atoms with van der Waals surface area (Å²) in [6.45, 7) is 6.37. The van der Waals surface area contributed by atoms with Gasteiger partial charge in [-0.15, -0.1) is 0 Å². The summed E-state index contributed by atoms with van der Waals surface area (Å²) in [5, 5.41) is 0.771. The van der Waals surface area contributed by atoms with Crippen molar-refractivity contribution in [3.8, 4) is 0 Å². The number of halogens is 1. The monoisotopic (exact) mass is 386 g/mol. The first-order valence-corrected chi connectivity index (χ1v) is 9.76. The molecule has 1 aliphatic rings. The van der Waals surface area contributed by atoms with E-state index in [0.29, 0.717) is 0 Å². The molecule has 0 N–H and O–H groups in total. The molecule has 0 radical (unpaired) electrons. The molecule has 4 nitrogen and oxygen atoms in total. The van der Waals surface area contributed by atoms with Crippen LogP contribution in [-0.2, 0) is 16.0 Å². The molecule has 1 aromatic carbocycles. The first-order valence-electron chi connectivity index (χ1n) is 9.39. The maximum atomic E-state index is 12.9. The number of carbonyl (C=O) groups is 1. The Morgan fingerprint density at radius 2 is 2.07 bits per heavy atom. The first kappa shape index (κ1) is 19.8. The normalized spacial score (nSPS) is 17.4. The average Bonchev–Trinajstić information content (AvgIpc) is 3.12. The zero-order chi connectivity index (χ0) is 19.6. The number of aryl methyl sites for hydroxylation is 1. The molecule has 1 unspecified atom stereocenters. The Labute approximate surface area is 166 Å². The molecule has 0 bridgehead atoms. The summed E-state index contributed by atoms with van der Waals surface area (Å²) in [6, 6.07) is 12.1. The molecule has 144 valence electrons. The van der Waals surface area contributed by atoms with Gasteiger partial charge in [0.2, 0.25) is 0 Å². The highest BCUT2D eigenvalue weighted by Crippen LogP contribution is 2.34. The van der Waals surface area contributed by atoms with Crippen molar-refractivity contribution >= 4 is 17.5 Å². The van der Waals surface area contributed by atoms with Gasteiger partial charge in [-0.3, -0.25) is 9.78 Å². The van der Waals surface area contributed by atoms with Gasteiger partial charge in [0, 0.05) is 24.4 Å². The average molecular weight is 387 g/mol. The van der Waals surface area contributed by atoms with E-state index in [4.69, 9.17) is 21.3 Å². The van der Waals surface area contributed by atoms with Gasteiger partial charge in [0.05, 0.1) is 11.7 Å². The Morgan fingerprint density at radius 3 is 2.78 bits per heavy atom. The summed E-state index contributed by atoms with van der Waals surface area (Å²) in [6.07, 6.45) is 2.65. The second kappa shape index (κ2) is 7.99. The van der Waals surface area contributed by atoms with Crippen molar-refractivity contribution in [3.05, 3.63) is 63.9 Å². The molecule has 0 aliphatic carbocycles. The Balaban J connectivity index is 1.89. The van der Waals surface area contributed by atoms with E-state index in [1.807, 2.05) is 49.9 Å². The van der Waals surface area contributed by atoms with Gasteiger partial charge in [0.15, 0.2) is 0 Å². The lowest BCUT2D eigenvalue weighted by atomic mass is 10.0. The van der Waals surface area contributed by atoms with Crippen molar-refractivity contribution in [2.75, 3.05) is 13.7 Å². The summed E-state index contributed by atoms with van der Waals surface area (Å²) >= 11 is 6.33. The predicted octanol–water partition coefficient (Wildman–Crippen LogP) is 4.72. The van der Waals surface area contributed by atoms with E-state index in [-0.39, 0.29) is 11.9 Å². The minimum Gasteiger partial charge on any atom is -0.369 e. The fourth-order valence-electron chi connectivity index (χ4n) is 3.65. The van der Waals surface area contributed by atoms with Crippen LogP contribution in [0.15, 0.2) is 36.4 Å². The zero-order valence-electron chi connectivity index (χ0n) is 16.5. The SMILES string of the molecule is COC(C)(C)C(=O)N1CCCC1c1cc(Cc2ccccc2Cl)cc(C)n1. The Bertz CT molecular complexity index is 835. The van der Waals surface area contributed by atoms with Crippen molar-refractivity contribution < 1.29 is 9.53 Å². The fourth-order valence-corrected chi connectivity index (χ4v) is 3.86. The Hall–Kier alpha value is -1.91. The highest BCUT2D eigenvalue weighted by molar-refractivity contribution is 6.31. The van der Waals surface area contributed by atoms with Crippen LogP contribution in [0.1, 0.15) is 55.2 Å². The molecule has 5 heteroatoms. The number of pyridine rings is 1. The fraction of sp³-hybridized carbons (Fsp3) is 0.455. The number of rotatable bonds is 5. The smallest absolute Gasteiger partial charge is 0.254 e. The molecular formula is C22H27ClN2O2. The van der Waals surface area contributed by atoms with Crippen LogP contribution < -0.4 is 0 Å². The number of amides is 1. The molecule has 1 aromatic heterocycles. The van der Waals surface area contributed by atoms with Gasteiger partial charge in [-0.25, -0.2) is 0 Å². The predicted molar refractivity (Wildman–Crippen MR) is 108 cm³/mol. The van der Waals surface area contributed by atoms with E-state index in [2.05, 4.69) is 12.1 Å². The number of methoxy groups -OCH3 is 1. The van der Waals surface area contributed by atoms with Crippen LogP contribution in [0.5, 0.6) is 0 Å². The maximum absolute atomic E-state index is 12.9. The van der Waals surface area contributed by atoms with E-state index in [9.17, 15) is 4.79 Å². The molecule has 2 heterocycles. The molecule has 0 saturated carbocycles. The summed E-state index contributed by atoms with van der Waals surface area (Å²) in [7, 11) is 1.58. The first-order chi connectivity index (χ1) is 12.8. The molecular weight excluding hydrogens is 360 g/mol. The van der Waals surface area contributed by atoms with E-state index in [1.165, 1.54) is 0 Å². The van der Waals surface area contributed by atoms with Crippen molar-refractivity contribution in [1.29, 1.82) is 0 Å². The van der Waals surface area contributed by atoms with Crippen molar-refractivity contribution in [1.82, 2.24) is 9.88 Å². The number of nitrogens with zero attached hydrogens (tertiary/aromatic N) is 2. The van der Waals surface area contributed by atoms with Gasteiger partial charge in [0.25, 0.3) is 5.91 Å². The molecule has 1 atom stereocenters. The number of hydrogen-bond donors (Lipinski definition) is 0. The van der Waals surface area contributed by atoms with Gasteiger partial charge in [-0.05, 0) is 69.4 Å². The third-order valence-electron chi connectivity index (χ3n) is 5.27. The number of hydrogen-bond acceptors (Lipinski definition) is 3. The largest absolute Gasteiger partial charge is 0.369 e. The van der Waals surface area contributed by atoms with Gasteiger partial charge >= 0.3 is 0 Å². The molecule has 1 saturated heterocycles. The van der Waals surface area contributed by atoms with E-state index < -0.39 is 5.60 Å². The molecule has 0 spiro atoms. The van der Waals surface area contributed by atoms with Crippen molar-refractivity contribution in [2.24, 2.45) is 0 Å². The van der Waals surface area contributed by atoms with Crippen LogP contribution in [0.2, 0.25) is 5.02 Å². The maximum Gasteiger partial charge on any atom is 0.254 e. The van der Waals surface area contributed by atoms with Crippen LogP contribution >= 0.6 is 11.6 Å². The standard InChI is InChI=1S/C22H27ClN2O2/c1-15-12-16(13-17-8-5-6-9-18(17)23)14-19(24-15)20-10-7-11-25(20)21(26)22(2,3)27-4/h5-6,8-9,12,14,20H,7,10-11,13H2,1-4H3. The second-order valence-corrected chi connectivity index (χ2v) is 8.09. The van der Waals surface area contributed by atoms with E-state index >= 15 is 0 Å². The quantitative estimate of drug-likeness (QED) is 0.746. The highest BCUT2D eigenvalue weighted by atomic mass is 35.5. The van der Waals surface area contributed by atoms with Crippen LogP contribution in [-0.4, -0.2) is 35.0 Å². The summed E-state index contributed by atoms with van der Waals surface area (Å²) in [5.41, 5.74) is 3.34. The minimum absolute atomic E-state index is 0.00294. The lowest BCUT2D eigenvalue weighted by Crippen LogP contribution is -2.46. The second-order valence-electron chi connectivity index (χ2n) is 7.68. The lowest BCUT2D eigenvalue weighted by Gasteiger charge is -2.32. The van der Waals surface area contributed by atoms with E-state index in [0.717, 1.165) is 53.3 Å². The number of likely N-dealkylation sites (tertiary alicyclic amines) is 1. The molecule has 1 amide bonds. The number of carbonyl (C=O) groups excluding carboxylic acids is 1. The highest BCUT2D eigenvalue weighted by Gasteiger charge is 2.39. The van der Waals surface area contributed by atoms with Crippen molar-refractivity contribution in [3.63, 3.8) is 0 Å². The van der Waals surface area contributed by atoms with Crippen LogP contribution in [0.25, 0.3) is 0 Å². The Kier molecular flexibility index (Phi) is 5.87. The van der Waals surface area contributed by atoms with Crippen LogP contribution in [0.3, 0.4) is 0 Å². The number of benzene rings is 1. The number of aromatic nitrogens is 1. The van der Waals surface area contributed by atoms with Gasteiger partial charge in [-0.2, -0.15) is 0 Å². The third kappa shape index (κ3) is 4.33. The zero-order valence-corrected chi connectivity index (χ0v) is 17.2. The number of ether oxygens (including phenoxy) is 1. The molecule has 1 fully saturated rings. The molecule has 1 aliphatic heterocycles. The van der Waals surface area contributed by atoms with Crippen LogP contribution in [0, 0.1) is 6.92 Å². The lowest BCUT2D eigenvalue weighted by molar-refractivity contribution is -0.152. The third-order valence-corrected chi connectivity index (χ3v) is 5.63. The molecule has 3 rings (SSSR count). The summed E-state index contributed by atoms with van der Waals surface area (Å²) < 4.78 is 5.41. The van der Waals surface area contributed by atoms with Gasteiger partial charge in [-0.1, -0.05) is 29.8 Å². The minimum atomic E-state index is -0.827. The van der Waals surface area contributed by atoms with E-state index in [1.54, 1.807) is 7.11 Å². The van der Waals surface area contributed by atoms with Crippen molar-refractivity contribution in [2.45, 2.75) is 51.7 Å². The molecule has 27 heavy (non-hydrogen) atoms. The summed E-state index contributed by atoms with van der Waals surface area (Å²) in [5.74, 6) is 0.0171. The summed E-state index contributed by atoms with van der Waals surface area (Å²) in [4.78, 5) is 19.6. The molecule has 2 aromatic rings. The van der Waals surface area contributed by atoms with Crippen LogP contribution in [0.4, 0.5) is 0 Å². The topological polar surface area (TPSA) is 42.4 Å². The van der Waals surface area contributed by atoms with Gasteiger partial charge in [0.1, 0.15) is 5.60 Å².